The largest absolute Gasteiger partial charge is 0.493 e. The second-order valence-corrected chi connectivity index (χ2v) is 9.05. The molecule has 1 aromatic carbocycles. The Morgan fingerprint density at radius 1 is 1.08 bits per heavy atom. The fraction of sp³-hybridized carbons (Fsp3) is 0.481. The lowest BCUT2D eigenvalue weighted by molar-refractivity contribution is -0.299. The molecule has 6 atom stereocenters. The van der Waals surface area contributed by atoms with E-state index in [2.05, 4.69) is 0 Å². The van der Waals surface area contributed by atoms with Crippen LogP contribution >= 0.6 is 0 Å². The average Bonchev–Trinajstić information content (AvgIpc) is 3.24. The molecule has 0 unspecified atom stereocenters. The molecule has 0 spiro atoms. The molecule has 1 aromatic rings. The van der Waals surface area contributed by atoms with Crippen molar-refractivity contribution in [2.45, 2.75) is 57.1 Å². The number of ether oxygens (including phenoxy) is 6. The van der Waals surface area contributed by atoms with Crippen LogP contribution in [0.1, 0.15) is 25.8 Å². The maximum Gasteiger partial charge on any atom is 0.334 e. The Kier molecular flexibility index (Phi) is 10.5. The van der Waals surface area contributed by atoms with Crippen LogP contribution in [0.5, 0.6) is 11.5 Å². The van der Waals surface area contributed by atoms with Crippen LogP contribution in [0.3, 0.4) is 0 Å². The van der Waals surface area contributed by atoms with Gasteiger partial charge < -0.3 is 43.7 Å². The Balaban J connectivity index is 1.53. The fourth-order valence-electron chi connectivity index (χ4n) is 3.95. The highest BCUT2D eigenvalue weighted by atomic mass is 16.7. The van der Waals surface area contributed by atoms with Gasteiger partial charge in [-0.2, -0.15) is 0 Å². The van der Waals surface area contributed by atoms with Crippen LogP contribution in [0.4, 0.5) is 0 Å². The molecule has 0 aromatic heterocycles. The second kappa shape index (κ2) is 13.5. The van der Waals surface area contributed by atoms with Gasteiger partial charge in [-0.25, -0.2) is 9.59 Å². The number of benzene rings is 1. The van der Waals surface area contributed by atoms with E-state index in [-0.39, 0.29) is 12.7 Å². The van der Waals surface area contributed by atoms with Gasteiger partial charge in [0.1, 0.15) is 37.1 Å². The first-order valence-corrected chi connectivity index (χ1v) is 12.1. The molecule has 208 valence electrons. The molecule has 0 amide bonds. The minimum absolute atomic E-state index is 0.114. The summed E-state index contributed by atoms with van der Waals surface area (Å²) in [4.78, 5) is 24.2. The van der Waals surface area contributed by atoms with Gasteiger partial charge in [-0.15, -0.1) is 0 Å². The quantitative estimate of drug-likeness (QED) is 0.226. The first-order valence-electron chi connectivity index (χ1n) is 12.1. The lowest BCUT2D eigenvalue weighted by Gasteiger charge is -2.39. The number of carbonyl (C=O) groups excluding carboxylic acids is 2. The molecule has 3 rings (SSSR count). The number of cyclic esters (lactones) is 1. The molecule has 38 heavy (non-hydrogen) atoms. The predicted molar refractivity (Wildman–Crippen MR) is 134 cm³/mol. The van der Waals surface area contributed by atoms with E-state index in [0.717, 1.165) is 5.57 Å². The summed E-state index contributed by atoms with van der Waals surface area (Å²) in [5.41, 5.74) is 2.10. The van der Waals surface area contributed by atoms with E-state index in [1.54, 1.807) is 18.2 Å². The van der Waals surface area contributed by atoms with Gasteiger partial charge in [-0.05, 0) is 49.8 Å². The summed E-state index contributed by atoms with van der Waals surface area (Å²) in [6.07, 6.45) is -1.08. The van der Waals surface area contributed by atoms with Crippen molar-refractivity contribution in [3.8, 4) is 11.5 Å². The molecule has 2 aliphatic heterocycles. The third-order valence-corrected chi connectivity index (χ3v) is 5.93. The first-order chi connectivity index (χ1) is 18.1. The Labute approximate surface area is 220 Å². The van der Waals surface area contributed by atoms with Crippen molar-refractivity contribution in [3.63, 3.8) is 0 Å². The van der Waals surface area contributed by atoms with Crippen LogP contribution in [0.15, 0.2) is 47.6 Å². The molecule has 2 aliphatic rings. The monoisotopic (exact) mass is 534 g/mol. The van der Waals surface area contributed by atoms with Crippen LogP contribution in [0.25, 0.3) is 6.08 Å². The fourth-order valence-corrected chi connectivity index (χ4v) is 3.95. The zero-order valence-electron chi connectivity index (χ0n) is 21.7. The van der Waals surface area contributed by atoms with E-state index in [1.165, 1.54) is 32.4 Å². The summed E-state index contributed by atoms with van der Waals surface area (Å²) < 4.78 is 31.9. The Bertz CT molecular complexity index is 1070. The molecule has 2 fully saturated rings. The van der Waals surface area contributed by atoms with Crippen molar-refractivity contribution < 1.29 is 53.3 Å². The first kappa shape index (κ1) is 29.3. The summed E-state index contributed by atoms with van der Waals surface area (Å²) in [5, 5.41) is 30.8. The lowest BCUT2D eigenvalue weighted by Crippen LogP contribution is -2.59. The summed E-state index contributed by atoms with van der Waals surface area (Å²) >= 11 is 0. The number of esters is 2. The Hall–Kier alpha value is -3.22. The van der Waals surface area contributed by atoms with E-state index in [4.69, 9.17) is 28.4 Å². The number of carbonyl (C=O) groups is 2. The van der Waals surface area contributed by atoms with Crippen LogP contribution in [-0.2, 0) is 28.5 Å². The summed E-state index contributed by atoms with van der Waals surface area (Å²) in [6, 6.07) is 5.09. The minimum atomic E-state index is -1.61. The molecule has 2 heterocycles. The smallest absolute Gasteiger partial charge is 0.334 e. The molecule has 0 saturated carbocycles. The van der Waals surface area contributed by atoms with E-state index >= 15 is 0 Å². The van der Waals surface area contributed by atoms with Crippen molar-refractivity contribution >= 4 is 18.0 Å². The number of allylic oxidation sites excluding steroid dienone is 1. The molecule has 3 N–H and O–H groups in total. The van der Waals surface area contributed by atoms with Gasteiger partial charge in [0.15, 0.2) is 17.8 Å². The number of rotatable bonds is 10. The van der Waals surface area contributed by atoms with E-state index in [1.807, 2.05) is 19.9 Å². The van der Waals surface area contributed by atoms with Gasteiger partial charge in [-0.1, -0.05) is 11.6 Å². The van der Waals surface area contributed by atoms with E-state index in [9.17, 15) is 24.9 Å². The molecular weight excluding hydrogens is 500 g/mol. The molecule has 11 nitrogen and oxygen atoms in total. The van der Waals surface area contributed by atoms with Gasteiger partial charge in [0, 0.05) is 18.1 Å². The number of hydrogen-bond acceptors (Lipinski definition) is 11. The Morgan fingerprint density at radius 2 is 1.82 bits per heavy atom. The zero-order chi connectivity index (χ0) is 27.8. The van der Waals surface area contributed by atoms with Crippen LogP contribution < -0.4 is 9.47 Å². The molecule has 0 aliphatic carbocycles. The van der Waals surface area contributed by atoms with Crippen LogP contribution in [-0.4, -0.2) is 91.5 Å². The molecular formula is C27H34O11. The summed E-state index contributed by atoms with van der Waals surface area (Å²) in [5.74, 6) is -0.138. The van der Waals surface area contributed by atoms with Gasteiger partial charge >= 0.3 is 11.9 Å². The zero-order valence-corrected chi connectivity index (χ0v) is 21.7. The highest BCUT2D eigenvalue weighted by Crippen LogP contribution is 2.28. The standard InChI is InChI=1S/C27H34O11/c1-15(2)11-18-13-17(26(32)37-18)9-10-35-27-25(31)24(30)23(29)21(38-27)14-36-22(28)8-6-16-5-7-19(33-3)20(12-16)34-4/h5-9,11-12,18,21,23-25,27,29-31H,10,13-14H2,1-4H3/b8-6+,17-9-/t18-,21+,23+,24-,25+,27+/m0/s1. The van der Waals surface area contributed by atoms with Crippen LogP contribution in [0, 0.1) is 0 Å². The second-order valence-electron chi connectivity index (χ2n) is 9.05. The minimum Gasteiger partial charge on any atom is -0.493 e. The van der Waals surface area contributed by atoms with Gasteiger partial charge in [0.05, 0.1) is 20.8 Å². The SMILES string of the molecule is COc1ccc(/C=C/C(=O)OC[C@H]2O[C@@H](OC/C=C3/C[C@H](C=C(C)C)OC3=O)[C@H](O)[C@@H](O)[C@@H]2O)cc1OC. The molecule has 0 radical (unpaired) electrons. The normalized spacial score (nSPS) is 28.3. The third kappa shape index (κ3) is 7.65. The number of aliphatic hydroxyl groups excluding tert-OH is 3. The predicted octanol–water partition coefficient (Wildman–Crippen LogP) is 1.29. The van der Waals surface area contributed by atoms with Gasteiger partial charge in [-0.3, -0.25) is 0 Å². The molecule has 2 saturated heterocycles. The van der Waals surface area contributed by atoms with Gasteiger partial charge in [0.2, 0.25) is 0 Å². The maximum atomic E-state index is 12.2. The summed E-state index contributed by atoms with van der Waals surface area (Å²) in [7, 11) is 3.01. The number of aliphatic hydroxyl groups is 3. The van der Waals surface area contributed by atoms with E-state index in [0.29, 0.717) is 29.1 Å². The average molecular weight is 535 g/mol. The molecule has 11 heteroatoms. The van der Waals surface area contributed by atoms with Crippen LogP contribution in [0.2, 0.25) is 0 Å². The maximum absolute atomic E-state index is 12.2. The van der Waals surface area contributed by atoms with Crippen molar-refractivity contribution in [3.05, 3.63) is 53.1 Å². The lowest BCUT2D eigenvalue weighted by atomic mass is 9.99. The van der Waals surface area contributed by atoms with Crippen molar-refractivity contribution in [1.29, 1.82) is 0 Å². The van der Waals surface area contributed by atoms with Gasteiger partial charge in [0.25, 0.3) is 0 Å². The third-order valence-electron chi connectivity index (χ3n) is 5.93. The number of methoxy groups -OCH3 is 2. The van der Waals surface area contributed by atoms with E-state index < -0.39 is 49.3 Å². The highest BCUT2D eigenvalue weighted by molar-refractivity contribution is 5.91. The topological polar surface area (TPSA) is 150 Å². The molecule has 0 bridgehead atoms. The van der Waals surface area contributed by atoms with Crippen molar-refractivity contribution in [1.82, 2.24) is 0 Å². The summed E-state index contributed by atoms with van der Waals surface area (Å²) in [6.45, 7) is 3.29. The van der Waals surface area contributed by atoms with Crippen molar-refractivity contribution in [2.24, 2.45) is 0 Å². The van der Waals surface area contributed by atoms with Crippen molar-refractivity contribution in [2.75, 3.05) is 27.4 Å². The highest BCUT2D eigenvalue weighted by Gasteiger charge is 2.44. The Morgan fingerprint density at radius 3 is 2.50 bits per heavy atom. The number of hydrogen-bond donors (Lipinski definition) is 3.